The molecule has 0 aromatic carbocycles. The lowest BCUT2D eigenvalue weighted by atomic mass is 9.84. The largest absolute Gasteiger partial charge is 0.480 e. The molecule has 1 saturated carbocycles. The Morgan fingerprint density at radius 2 is 2.00 bits per heavy atom. The van der Waals surface area contributed by atoms with Crippen LogP contribution in [0.5, 0.6) is 0 Å². The SMILES string of the molecule is O=C(CCC(=O)N1C(C(=O)O)CC2CCCCC21)c1cccs1. The smallest absolute Gasteiger partial charge is 0.326 e. The Labute approximate surface area is 139 Å². The number of likely N-dealkylation sites (tertiary alicyclic amines) is 1. The molecule has 3 unspecified atom stereocenters. The molecule has 1 saturated heterocycles. The average molecular weight is 335 g/mol. The average Bonchev–Trinajstić information content (AvgIpc) is 3.19. The van der Waals surface area contributed by atoms with Gasteiger partial charge in [-0.2, -0.15) is 0 Å². The molecule has 0 bridgehead atoms. The third kappa shape index (κ3) is 3.32. The van der Waals surface area contributed by atoms with Crippen molar-refractivity contribution in [3.05, 3.63) is 22.4 Å². The van der Waals surface area contributed by atoms with Crippen LogP contribution in [0.25, 0.3) is 0 Å². The number of rotatable bonds is 5. The molecule has 3 rings (SSSR count). The number of carboxylic acids is 1. The minimum absolute atomic E-state index is 0.0420. The fourth-order valence-corrected chi connectivity index (χ4v) is 4.64. The number of carboxylic acid groups (broad SMARTS) is 1. The molecule has 1 aliphatic heterocycles. The zero-order chi connectivity index (χ0) is 16.4. The maximum atomic E-state index is 12.6. The van der Waals surface area contributed by atoms with E-state index in [1.165, 1.54) is 11.3 Å². The van der Waals surface area contributed by atoms with E-state index in [-0.39, 0.29) is 30.6 Å². The lowest BCUT2D eigenvalue weighted by molar-refractivity contribution is -0.149. The summed E-state index contributed by atoms with van der Waals surface area (Å²) in [6.07, 6.45) is 4.87. The maximum absolute atomic E-state index is 12.6. The van der Waals surface area contributed by atoms with Crippen molar-refractivity contribution in [2.24, 2.45) is 5.92 Å². The van der Waals surface area contributed by atoms with Crippen LogP contribution in [-0.2, 0) is 9.59 Å². The summed E-state index contributed by atoms with van der Waals surface area (Å²) in [6, 6.07) is 2.90. The van der Waals surface area contributed by atoms with E-state index >= 15 is 0 Å². The second-order valence-corrected chi connectivity index (χ2v) is 7.35. The maximum Gasteiger partial charge on any atom is 0.326 e. The lowest BCUT2D eigenvalue weighted by Crippen LogP contribution is -2.46. The molecular weight excluding hydrogens is 314 g/mol. The van der Waals surface area contributed by atoms with E-state index in [0.29, 0.717) is 17.2 Å². The van der Waals surface area contributed by atoms with Gasteiger partial charge in [-0.3, -0.25) is 9.59 Å². The molecule has 1 aliphatic carbocycles. The molecule has 1 aromatic rings. The number of hydrogen-bond donors (Lipinski definition) is 1. The van der Waals surface area contributed by atoms with Gasteiger partial charge < -0.3 is 10.0 Å². The monoisotopic (exact) mass is 335 g/mol. The molecule has 2 aliphatic rings. The van der Waals surface area contributed by atoms with Crippen LogP contribution >= 0.6 is 11.3 Å². The second kappa shape index (κ2) is 6.83. The van der Waals surface area contributed by atoms with Crippen molar-refractivity contribution < 1.29 is 19.5 Å². The van der Waals surface area contributed by atoms with Crippen molar-refractivity contribution in [1.82, 2.24) is 4.90 Å². The number of carbonyl (C=O) groups excluding carboxylic acids is 2. The van der Waals surface area contributed by atoms with Crippen LogP contribution in [0, 0.1) is 5.92 Å². The van der Waals surface area contributed by atoms with Crippen LogP contribution in [0.3, 0.4) is 0 Å². The van der Waals surface area contributed by atoms with Gasteiger partial charge in [0, 0.05) is 18.9 Å². The highest BCUT2D eigenvalue weighted by Crippen LogP contribution is 2.40. The Balaban J connectivity index is 1.66. The quantitative estimate of drug-likeness (QED) is 0.840. The van der Waals surface area contributed by atoms with Crippen LogP contribution < -0.4 is 0 Å². The molecule has 1 amide bonds. The van der Waals surface area contributed by atoms with Crippen LogP contribution in [0.15, 0.2) is 17.5 Å². The summed E-state index contributed by atoms with van der Waals surface area (Å²) >= 11 is 1.37. The molecular formula is C17H21NO4S. The van der Waals surface area contributed by atoms with Gasteiger partial charge in [0.05, 0.1) is 4.88 Å². The van der Waals surface area contributed by atoms with E-state index in [1.807, 2.05) is 11.4 Å². The van der Waals surface area contributed by atoms with Gasteiger partial charge >= 0.3 is 5.97 Å². The van der Waals surface area contributed by atoms with Crippen molar-refractivity contribution in [2.45, 2.75) is 57.0 Å². The second-order valence-electron chi connectivity index (χ2n) is 6.40. The molecule has 23 heavy (non-hydrogen) atoms. The number of aliphatic carboxylic acids is 1. The number of amides is 1. The normalized spacial score (nSPS) is 26.8. The van der Waals surface area contributed by atoms with Gasteiger partial charge in [-0.05, 0) is 36.6 Å². The number of ketones is 1. The van der Waals surface area contributed by atoms with Crippen LogP contribution in [0.4, 0.5) is 0 Å². The van der Waals surface area contributed by atoms with Gasteiger partial charge in [-0.25, -0.2) is 4.79 Å². The number of carbonyl (C=O) groups is 3. The first-order valence-corrected chi connectivity index (χ1v) is 9.06. The highest BCUT2D eigenvalue weighted by molar-refractivity contribution is 7.12. The van der Waals surface area contributed by atoms with Gasteiger partial charge in [0.1, 0.15) is 6.04 Å². The Morgan fingerprint density at radius 1 is 1.22 bits per heavy atom. The molecule has 6 heteroatoms. The zero-order valence-corrected chi connectivity index (χ0v) is 13.8. The van der Waals surface area contributed by atoms with Gasteiger partial charge in [0.2, 0.25) is 5.91 Å². The van der Waals surface area contributed by atoms with Gasteiger partial charge in [-0.1, -0.05) is 18.9 Å². The van der Waals surface area contributed by atoms with Crippen molar-refractivity contribution in [1.29, 1.82) is 0 Å². The van der Waals surface area contributed by atoms with Gasteiger partial charge in [-0.15, -0.1) is 11.3 Å². The Bertz CT molecular complexity index is 598. The molecule has 2 fully saturated rings. The predicted octanol–water partition coefficient (Wildman–Crippen LogP) is 2.96. The van der Waals surface area contributed by atoms with Gasteiger partial charge in [0.25, 0.3) is 0 Å². The summed E-state index contributed by atoms with van der Waals surface area (Å²) in [5.41, 5.74) is 0. The fourth-order valence-electron chi connectivity index (χ4n) is 3.95. The molecule has 1 aromatic heterocycles. The first kappa shape index (κ1) is 16.2. The van der Waals surface area contributed by atoms with E-state index in [2.05, 4.69) is 0 Å². The first-order valence-electron chi connectivity index (χ1n) is 8.18. The minimum Gasteiger partial charge on any atom is -0.480 e. The summed E-state index contributed by atoms with van der Waals surface area (Å²) in [4.78, 5) is 38.4. The highest BCUT2D eigenvalue weighted by atomic mass is 32.1. The van der Waals surface area contributed by atoms with Crippen molar-refractivity contribution in [2.75, 3.05) is 0 Å². The Morgan fingerprint density at radius 3 is 2.70 bits per heavy atom. The zero-order valence-electron chi connectivity index (χ0n) is 12.9. The Kier molecular flexibility index (Phi) is 4.80. The minimum atomic E-state index is -0.919. The van der Waals surface area contributed by atoms with E-state index in [4.69, 9.17) is 0 Å². The topological polar surface area (TPSA) is 74.7 Å². The van der Waals surface area contributed by atoms with E-state index in [9.17, 15) is 19.5 Å². The van der Waals surface area contributed by atoms with E-state index in [1.54, 1.807) is 11.0 Å². The molecule has 3 atom stereocenters. The summed E-state index contributed by atoms with van der Waals surface area (Å²) in [5, 5.41) is 11.3. The summed E-state index contributed by atoms with van der Waals surface area (Å²) in [7, 11) is 0. The molecule has 5 nitrogen and oxygen atoms in total. The first-order chi connectivity index (χ1) is 11.1. The van der Waals surface area contributed by atoms with Crippen molar-refractivity contribution in [3.8, 4) is 0 Å². The summed E-state index contributed by atoms with van der Waals surface area (Å²) in [6.45, 7) is 0. The van der Waals surface area contributed by atoms with E-state index < -0.39 is 12.0 Å². The van der Waals surface area contributed by atoms with Crippen LogP contribution in [0.2, 0.25) is 0 Å². The highest BCUT2D eigenvalue weighted by Gasteiger charge is 2.47. The standard InChI is InChI=1S/C17H21NO4S/c19-14(15-6-3-9-23-15)7-8-16(20)18-12-5-2-1-4-11(12)10-13(18)17(21)22/h3,6,9,11-13H,1-2,4-5,7-8,10H2,(H,21,22). The molecule has 124 valence electrons. The van der Waals surface area contributed by atoms with E-state index in [0.717, 1.165) is 25.7 Å². The van der Waals surface area contributed by atoms with Gasteiger partial charge in [0.15, 0.2) is 5.78 Å². The number of fused-ring (bicyclic) bond motifs is 1. The number of thiophene rings is 1. The number of Topliss-reactive ketones (excluding diaryl/α,β-unsaturated/α-hetero) is 1. The van der Waals surface area contributed by atoms with Crippen molar-refractivity contribution in [3.63, 3.8) is 0 Å². The lowest BCUT2D eigenvalue weighted by Gasteiger charge is -2.33. The number of nitrogens with zero attached hydrogens (tertiary/aromatic N) is 1. The molecule has 0 spiro atoms. The van der Waals surface area contributed by atoms with Crippen LogP contribution in [0.1, 0.15) is 54.6 Å². The van der Waals surface area contributed by atoms with Crippen LogP contribution in [-0.4, -0.2) is 39.7 Å². The predicted molar refractivity (Wildman–Crippen MR) is 86.5 cm³/mol. The van der Waals surface area contributed by atoms with Crippen molar-refractivity contribution >= 4 is 29.0 Å². The Hall–Kier alpha value is -1.69. The molecule has 2 heterocycles. The molecule has 1 N–H and O–H groups in total. The third-order valence-electron chi connectivity index (χ3n) is 5.02. The summed E-state index contributed by atoms with van der Waals surface area (Å²) in [5.74, 6) is -0.838. The third-order valence-corrected chi connectivity index (χ3v) is 5.93. The fraction of sp³-hybridized carbons (Fsp3) is 0.588. The number of hydrogen-bond acceptors (Lipinski definition) is 4. The molecule has 0 radical (unpaired) electrons. The summed E-state index contributed by atoms with van der Waals surface area (Å²) < 4.78 is 0.